The maximum absolute atomic E-state index is 11.9. The summed E-state index contributed by atoms with van der Waals surface area (Å²) >= 11 is 0. The highest BCUT2D eigenvalue weighted by atomic mass is 16.5. The van der Waals surface area contributed by atoms with Crippen LogP contribution in [0, 0.1) is 5.41 Å². The molecule has 1 fully saturated rings. The van der Waals surface area contributed by atoms with E-state index < -0.39 is 17.3 Å². The lowest BCUT2D eigenvalue weighted by molar-refractivity contribution is -0.149. The zero-order chi connectivity index (χ0) is 16.4. The van der Waals surface area contributed by atoms with Crippen molar-refractivity contribution in [3.63, 3.8) is 0 Å². The van der Waals surface area contributed by atoms with Crippen LogP contribution in [0.1, 0.15) is 39.2 Å². The Bertz CT molecular complexity index is 570. The van der Waals surface area contributed by atoms with Crippen LogP contribution in [0.4, 0.5) is 0 Å². The minimum Gasteiger partial charge on any atom is -0.491 e. The van der Waals surface area contributed by atoms with Crippen LogP contribution in [0.25, 0.3) is 0 Å². The average Bonchev–Trinajstić information content (AvgIpc) is 3.24. The number of rotatable bonds is 6. The van der Waals surface area contributed by atoms with Crippen molar-refractivity contribution in [1.29, 1.82) is 0 Å². The topological polar surface area (TPSA) is 75.6 Å². The fourth-order valence-corrected chi connectivity index (χ4v) is 2.37. The minimum absolute atomic E-state index is 0.0266. The average molecular weight is 305 g/mol. The van der Waals surface area contributed by atoms with E-state index in [0.717, 1.165) is 11.3 Å². The fraction of sp³-hybridized carbons (Fsp3) is 0.529. The first-order valence-electron chi connectivity index (χ1n) is 7.51. The van der Waals surface area contributed by atoms with E-state index in [1.807, 2.05) is 24.3 Å². The molecule has 1 aliphatic carbocycles. The summed E-state index contributed by atoms with van der Waals surface area (Å²) in [6.07, 6.45) is 0.837. The number of ether oxygens (including phenoxy) is 1. The third-order valence-electron chi connectivity index (χ3n) is 3.93. The monoisotopic (exact) mass is 305 g/mol. The molecule has 5 heteroatoms. The van der Waals surface area contributed by atoms with Crippen molar-refractivity contribution < 1.29 is 19.4 Å². The van der Waals surface area contributed by atoms with Crippen LogP contribution < -0.4 is 10.1 Å². The van der Waals surface area contributed by atoms with Crippen LogP contribution in [0.5, 0.6) is 5.75 Å². The molecule has 1 saturated carbocycles. The molecule has 120 valence electrons. The number of hydrogen-bond acceptors (Lipinski definition) is 3. The first-order chi connectivity index (χ1) is 10.3. The van der Waals surface area contributed by atoms with E-state index in [1.165, 1.54) is 0 Å². The summed E-state index contributed by atoms with van der Waals surface area (Å²) in [4.78, 5) is 22.9. The Kier molecular flexibility index (Phi) is 4.44. The van der Waals surface area contributed by atoms with E-state index in [0.29, 0.717) is 26.0 Å². The van der Waals surface area contributed by atoms with E-state index >= 15 is 0 Å². The zero-order valence-corrected chi connectivity index (χ0v) is 13.3. The number of carbonyl (C=O) groups is 2. The smallest absolute Gasteiger partial charge is 0.319 e. The zero-order valence-electron chi connectivity index (χ0n) is 13.3. The summed E-state index contributed by atoms with van der Waals surface area (Å²) in [5.41, 5.74) is -0.115. The maximum Gasteiger partial charge on any atom is 0.319 e. The number of amides is 1. The second kappa shape index (κ2) is 5.99. The third-order valence-corrected chi connectivity index (χ3v) is 3.93. The van der Waals surface area contributed by atoms with Gasteiger partial charge in [0, 0.05) is 0 Å². The largest absolute Gasteiger partial charge is 0.491 e. The number of para-hydroxylation sites is 1. The van der Waals surface area contributed by atoms with Gasteiger partial charge in [0.15, 0.2) is 0 Å². The van der Waals surface area contributed by atoms with Gasteiger partial charge in [-0.3, -0.25) is 9.59 Å². The molecule has 2 N–H and O–H groups in total. The first kappa shape index (κ1) is 16.3. The number of nitrogens with one attached hydrogen (secondary N) is 1. The molecule has 0 spiro atoms. The van der Waals surface area contributed by atoms with Crippen LogP contribution in [-0.4, -0.2) is 30.1 Å². The molecule has 1 aromatic carbocycles. The van der Waals surface area contributed by atoms with Crippen molar-refractivity contribution in [2.45, 2.75) is 39.0 Å². The summed E-state index contributed by atoms with van der Waals surface area (Å²) in [6.45, 7) is 6.95. The van der Waals surface area contributed by atoms with Crippen LogP contribution in [0.3, 0.4) is 0 Å². The van der Waals surface area contributed by atoms with Gasteiger partial charge >= 0.3 is 5.97 Å². The summed E-state index contributed by atoms with van der Waals surface area (Å²) in [7, 11) is 0. The van der Waals surface area contributed by atoms with E-state index in [-0.39, 0.29) is 5.41 Å². The SMILES string of the molecule is CC(C)(C)c1ccccc1OCCNC(=O)C1(C(=O)O)CC1. The van der Waals surface area contributed by atoms with Crippen LogP contribution >= 0.6 is 0 Å². The van der Waals surface area contributed by atoms with Gasteiger partial charge in [-0.15, -0.1) is 0 Å². The van der Waals surface area contributed by atoms with Gasteiger partial charge in [0.2, 0.25) is 5.91 Å². The standard InChI is InChI=1S/C17H23NO4/c1-16(2,3)12-6-4-5-7-13(12)22-11-10-18-14(19)17(8-9-17)15(20)21/h4-7H,8-11H2,1-3H3,(H,18,19)(H,20,21). The number of carboxylic acids is 1. The Morgan fingerprint density at radius 2 is 1.91 bits per heavy atom. The van der Waals surface area contributed by atoms with Crippen molar-refractivity contribution >= 4 is 11.9 Å². The molecule has 0 atom stereocenters. The Morgan fingerprint density at radius 3 is 2.45 bits per heavy atom. The maximum atomic E-state index is 11.9. The molecule has 1 aliphatic rings. The molecule has 1 amide bonds. The highest BCUT2D eigenvalue weighted by Crippen LogP contribution is 2.46. The quantitative estimate of drug-likeness (QED) is 0.625. The summed E-state index contributed by atoms with van der Waals surface area (Å²) in [5.74, 6) is -0.652. The van der Waals surface area contributed by atoms with Crippen molar-refractivity contribution in [3.05, 3.63) is 29.8 Å². The van der Waals surface area contributed by atoms with Gasteiger partial charge in [0.05, 0.1) is 6.54 Å². The fourth-order valence-electron chi connectivity index (χ4n) is 2.37. The van der Waals surface area contributed by atoms with Gasteiger partial charge in [0.1, 0.15) is 17.8 Å². The van der Waals surface area contributed by atoms with Crippen LogP contribution in [0.2, 0.25) is 0 Å². The van der Waals surface area contributed by atoms with Crippen LogP contribution in [0.15, 0.2) is 24.3 Å². The molecule has 0 bridgehead atoms. The van der Waals surface area contributed by atoms with Crippen LogP contribution in [-0.2, 0) is 15.0 Å². The van der Waals surface area contributed by atoms with Crippen molar-refractivity contribution in [2.24, 2.45) is 5.41 Å². The van der Waals surface area contributed by atoms with E-state index in [9.17, 15) is 9.59 Å². The third kappa shape index (κ3) is 3.40. The Hall–Kier alpha value is -2.04. The highest BCUT2D eigenvalue weighted by molar-refractivity contribution is 6.04. The normalized spacial score (nSPS) is 16.0. The molecule has 22 heavy (non-hydrogen) atoms. The number of carbonyl (C=O) groups excluding carboxylic acids is 1. The first-order valence-corrected chi connectivity index (χ1v) is 7.51. The number of hydrogen-bond donors (Lipinski definition) is 2. The van der Waals surface area contributed by atoms with Gasteiger partial charge in [0.25, 0.3) is 0 Å². The second-order valence-corrected chi connectivity index (χ2v) is 6.74. The molecular weight excluding hydrogens is 282 g/mol. The molecule has 0 radical (unpaired) electrons. The number of benzene rings is 1. The lowest BCUT2D eigenvalue weighted by Crippen LogP contribution is -2.38. The molecule has 0 aromatic heterocycles. The summed E-state index contributed by atoms with van der Waals surface area (Å²) in [5, 5.41) is 11.7. The molecule has 0 aliphatic heterocycles. The Morgan fingerprint density at radius 1 is 1.27 bits per heavy atom. The highest BCUT2D eigenvalue weighted by Gasteiger charge is 2.56. The second-order valence-electron chi connectivity index (χ2n) is 6.74. The molecule has 0 heterocycles. The van der Waals surface area contributed by atoms with E-state index in [2.05, 4.69) is 26.1 Å². The molecule has 2 rings (SSSR count). The van der Waals surface area contributed by atoms with Crippen molar-refractivity contribution in [3.8, 4) is 5.75 Å². The van der Waals surface area contributed by atoms with Gasteiger partial charge in [-0.05, 0) is 29.9 Å². The van der Waals surface area contributed by atoms with Crippen molar-refractivity contribution in [2.75, 3.05) is 13.2 Å². The molecule has 5 nitrogen and oxygen atoms in total. The minimum atomic E-state index is -1.19. The molecule has 0 unspecified atom stereocenters. The van der Waals surface area contributed by atoms with Crippen molar-refractivity contribution in [1.82, 2.24) is 5.32 Å². The van der Waals surface area contributed by atoms with Gasteiger partial charge in [-0.25, -0.2) is 0 Å². The Labute approximate surface area is 130 Å². The Balaban J connectivity index is 1.85. The predicted octanol–water partition coefficient (Wildman–Crippen LogP) is 2.34. The lowest BCUT2D eigenvalue weighted by atomic mass is 9.86. The molecular formula is C17H23NO4. The number of carboxylic acid groups (broad SMARTS) is 1. The van der Waals surface area contributed by atoms with E-state index in [1.54, 1.807) is 0 Å². The lowest BCUT2D eigenvalue weighted by Gasteiger charge is -2.22. The summed E-state index contributed by atoms with van der Waals surface area (Å²) < 4.78 is 5.75. The predicted molar refractivity (Wildman–Crippen MR) is 82.9 cm³/mol. The van der Waals surface area contributed by atoms with E-state index in [4.69, 9.17) is 9.84 Å². The van der Waals surface area contributed by atoms with Gasteiger partial charge in [-0.1, -0.05) is 39.0 Å². The molecule has 1 aromatic rings. The van der Waals surface area contributed by atoms with Gasteiger partial charge in [-0.2, -0.15) is 0 Å². The molecule has 0 saturated heterocycles. The number of aliphatic carboxylic acids is 1. The summed E-state index contributed by atoms with van der Waals surface area (Å²) in [6, 6.07) is 7.81. The van der Waals surface area contributed by atoms with Gasteiger partial charge < -0.3 is 15.2 Å².